The number of nitrogens with one attached hydrogen (secondary N) is 1. The van der Waals surface area contributed by atoms with Crippen LogP contribution in [0.5, 0.6) is 0 Å². The van der Waals surface area contributed by atoms with Gasteiger partial charge in [0.1, 0.15) is 11.5 Å². The topological polar surface area (TPSA) is 88.1 Å². The van der Waals surface area contributed by atoms with Gasteiger partial charge in [-0.3, -0.25) is 15.0 Å². The Balaban J connectivity index is 2.05. The molecular formula is C16H17N3O4. The van der Waals surface area contributed by atoms with Crippen molar-refractivity contribution in [3.63, 3.8) is 0 Å². The van der Waals surface area contributed by atoms with Gasteiger partial charge in [-0.15, -0.1) is 0 Å². The summed E-state index contributed by atoms with van der Waals surface area (Å²) in [5, 5.41) is 3.85. The van der Waals surface area contributed by atoms with Crippen LogP contribution in [-0.4, -0.2) is 36.1 Å². The molecule has 23 heavy (non-hydrogen) atoms. The van der Waals surface area contributed by atoms with Crippen molar-refractivity contribution < 1.29 is 19.1 Å². The van der Waals surface area contributed by atoms with Crippen LogP contribution in [-0.2, 0) is 19.1 Å². The third-order valence-corrected chi connectivity index (χ3v) is 4.52. The molecule has 2 amide bonds. The second-order valence-electron chi connectivity index (χ2n) is 5.98. The Kier molecular flexibility index (Phi) is 3.24. The summed E-state index contributed by atoms with van der Waals surface area (Å²) in [7, 11) is 1.21. The van der Waals surface area contributed by atoms with Crippen LogP contribution in [0, 0.1) is 19.8 Å². The lowest BCUT2D eigenvalue weighted by Crippen LogP contribution is -2.48. The van der Waals surface area contributed by atoms with Crippen molar-refractivity contribution in [1.82, 2.24) is 5.43 Å². The highest BCUT2D eigenvalue weighted by Gasteiger charge is 2.63. The number of hydrazone groups is 1. The molecule has 1 aromatic carbocycles. The number of imide groups is 1. The van der Waals surface area contributed by atoms with Crippen molar-refractivity contribution >= 4 is 29.2 Å². The smallest absolute Gasteiger partial charge is 0.355 e. The Morgan fingerprint density at radius 1 is 1.30 bits per heavy atom. The Labute approximate surface area is 133 Å². The molecule has 0 aliphatic carbocycles. The lowest BCUT2D eigenvalue weighted by atomic mass is 9.86. The molecule has 1 unspecified atom stereocenters. The van der Waals surface area contributed by atoms with Gasteiger partial charge < -0.3 is 4.74 Å². The number of esters is 1. The summed E-state index contributed by atoms with van der Waals surface area (Å²) in [5.41, 5.74) is 3.83. The summed E-state index contributed by atoms with van der Waals surface area (Å²) < 4.78 is 4.65. The number of rotatable bonds is 2. The van der Waals surface area contributed by atoms with Crippen molar-refractivity contribution in [3.05, 3.63) is 29.3 Å². The molecule has 2 aliphatic heterocycles. The third kappa shape index (κ3) is 1.96. The quantitative estimate of drug-likeness (QED) is 0.640. The normalized spacial score (nSPS) is 26.0. The van der Waals surface area contributed by atoms with Gasteiger partial charge in [-0.05, 0) is 44.0 Å². The van der Waals surface area contributed by atoms with Crippen LogP contribution >= 0.6 is 0 Å². The number of carbonyl (C=O) groups is 3. The number of aryl methyl sites for hydroxylation is 2. The number of nitrogens with zero attached hydrogens (tertiary/aromatic N) is 2. The molecule has 2 aliphatic rings. The highest BCUT2D eigenvalue weighted by Crippen LogP contribution is 2.38. The van der Waals surface area contributed by atoms with Gasteiger partial charge in [0.05, 0.1) is 12.8 Å². The number of methoxy groups -OCH3 is 1. The lowest BCUT2D eigenvalue weighted by molar-refractivity contribution is -0.133. The Morgan fingerprint density at radius 3 is 2.61 bits per heavy atom. The van der Waals surface area contributed by atoms with Crippen LogP contribution in [0.1, 0.15) is 18.1 Å². The highest BCUT2D eigenvalue weighted by molar-refractivity contribution is 6.47. The van der Waals surface area contributed by atoms with E-state index in [1.807, 2.05) is 19.9 Å². The van der Waals surface area contributed by atoms with Crippen LogP contribution in [0.4, 0.5) is 5.69 Å². The SMILES string of the molecule is COC(=O)C1=NN[C@]2(C)C(=O)N(c3ccc(C)c(C)c3)C(=O)C12. The van der Waals surface area contributed by atoms with Gasteiger partial charge in [0, 0.05) is 0 Å². The summed E-state index contributed by atoms with van der Waals surface area (Å²) in [6.45, 7) is 5.43. The molecule has 3 rings (SSSR count). The first-order valence-corrected chi connectivity index (χ1v) is 7.20. The predicted octanol–water partition coefficient (Wildman–Crippen LogP) is 0.684. The molecule has 1 saturated heterocycles. The van der Waals surface area contributed by atoms with E-state index in [2.05, 4.69) is 15.3 Å². The van der Waals surface area contributed by atoms with Gasteiger partial charge >= 0.3 is 5.97 Å². The number of benzene rings is 1. The number of anilines is 1. The van der Waals surface area contributed by atoms with Crippen molar-refractivity contribution in [2.75, 3.05) is 12.0 Å². The molecule has 1 fully saturated rings. The van der Waals surface area contributed by atoms with Gasteiger partial charge in [0.2, 0.25) is 5.91 Å². The fraction of sp³-hybridized carbons (Fsp3) is 0.375. The zero-order valence-electron chi connectivity index (χ0n) is 13.3. The van der Waals surface area contributed by atoms with E-state index < -0.39 is 29.2 Å². The van der Waals surface area contributed by atoms with Gasteiger partial charge in [-0.25, -0.2) is 9.69 Å². The van der Waals surface area contributed by atoms with Crippen LogP contribution < -0.4 is 10.3 Å². The molecule has 0 aromatic heterocycles. The van der Waals surface area contributed by atoms with Crippen LogP contribution in [0.2, 0.25) is 0 Å². The van der Waals surface area contributed by atoms with E-state index >= 15 is 0 Å². The summed E-state index contributed by atoms with van der Waals surface area (Å²) in [5.74, 6) is -2.60. The van der Waals surface area contributed by atoms with Gasteiger partial charge in [-0.2, -0.15) is 5.10 Å². The summed E-state index contributed by atoms with van der Waals surface area (Å²) in [6.07, 6.45) is 0. The van der Waals surface area contributed by atoms with Crippen molar-refractivity contribution in [2.45, 2.75) is 26.3 Å². The number of carbonyl (C=O) groups excluding carboxylic acids is 3. The number of ether oxygens (including phenoxy) is 1. The molecule has 7 nitrogen and oxygen atoms in total. The monoisotopic (exact) mass is 315 g/mol. The van der Waals surface area contributed by atoms with E-state index in [0.29, 0.717) is 5.69 Å². The molecule has 7 heteroatoms. The minimum Gasteiger partial charge on any atom is -0.464 e. The maximum atomic E-state index is 12.8. The molecule has 2 heterocycles. The minimum atomic E-state index is -1.26. The predicted molar refractivity (Wildman–Crippen MR) is 82.9 cm³/mol. The van der Waals surface area contributed by atoms with E-state index in [9.17, 15) is 14.4 Å². The van der Waals surface area contributed by atoms with Crippen LogP contribution in [0.15, 0.2) is 23.3 Å². The molecule has 0 radical (unpaired) electrons. The number of hydrogen-bond acceptors (Lipinski definition) is 6. The van der Waals surface area contributed by atoms with Crippen molar-refractivity contribution in [3.8, 4) is 0 Å². The standard InChI is InChI=1S/C16H17N3O4/c1-8-5-6-10(7-9(8)2)19-13(20)11-12(14(21)23-4)17-18-16(11,3)15(19)22/h5-7,11,18H,1-4H3/t11?,16-/m0/s1. The van der Waals surface area contributed by atoms with E-state index in [0.717, 1.165) is 16.0 Å². The number of hydrogen-bond donors (Lipinski definition) is 1. The van der Waals surface area contributed by atoms with Gasteiger partial charge in [0.15, 0.2) is 5.71 Å². The Morgan fingerprint density at radius 2 is 2.00 bits per heavy atom. The van der Waals surface area contributed by atoms with E-state index in [1.165, 1.54) is 7.11 Å². The Bertz CT molecular complexity index is 771. The average Bonchev–Trinajstić information content (AvgIpc) is 2.96. The largest absolute Gasteiger partial charge is 0.464 e. The van der Waals surface area contributed by atoms with Crippen molar-refractivity contribution in [2.24, 2.45) is 11.0 Å². The highest BCUT2D eigenvalue weighted by atomic mass is 16.5. The average molecular weight is 315 g/mol. The van der Waals surface area contributed by atoms with E-state index in [4.69, 9.17) is 0 Å². The molecule has 1 aromatic rings. The zero-order valence-corrected chi connectivity index (χ0v) is 13.3. The molecule has 0 saturated carbocycles. The number of amides is 2. The van der Waals surface area contributed by atoms with Crippen LogP contribution in [0.25, 0.3) is 0 Å². The van der Waals surface area contributed by atoms with Gasteiger partial charge in [-0.1, -0.05) is 6.07 Å². The molecule has 1 N–H and O–H groups in total. The van der Waals surface area contributed by atoms with Gasteiger partial charge in [0.25, 0.3) is 5.91 Å². The molecular weight excluding hydrogens is 298 g/mol. The molecule has 0 spiro atoms. The first-order valence-electron chi connectivity index (χ1n) is 7.20. The zero-order chi connectivity index (χ0) is 16.9. The van der Waals surface area contributed by atoms with Crippen LogP contribution in [0.3, 0.4) is 0 Å². The van der Waals surface area contributed by atoms with E-state index in [1.54, 1.807) is 19.1 Å². The second-order valence-corrected chi connectivity index (χ2v) is 5.98. The summed E-state index contributed by atoms with van der Waals surface area (Å²) in [4.78, 5) is 38.5. The fourth-order valence-corrected chi connectivity index (χ4v) is 2.95. The fourth-order valence-electron chi connectivity index (χ4n) is 2.95. The third-order valence-electron chi connectivity index (χ3n) is 4.52. The minimum absolute atomic E-state index is 0.0697. The molecule has 120 valence electrons. The summed E-state index contributed by atoms with van der Waals surface area (Å²) >= 11 is 0. The summed E-state index contributed by atoms with van der Waals surface area (Å²) in [6, 6.07) is 5.35. The number of fused-ring (bicyclic) bond motifs is 1. The maximum Gasteiger partial charge on any atom is 0.355 e. The molecule has 0 bridgehead atoms. The first kappa shape index (κ1) is 15.2. The molecule has 2 atom stereocenters. The van der Waals surface area contributed by atoms with Crippen molar-refractivity contribution in [1.29, 1.82) is 0 Å². The lowest BCUT2D eigenvalue weighted by Gasteiger charge is -2.20. The van der Waals surface area contributed by atoms with E-state index in [-0.39, 0.29) is 5.71 Å². The second kappa shape index (κ2) is 4.91. The first-order chi connectivity index (χ1) is 10.8. The maximum absolute atomic E-state index is 12.8. The Hall–Kier alpha value is -2.70.